The topological polar surface area (TPSA) is 38.7 Å². The first-order valence-corrected chi connectivity index (χ1v) is 11.8. The molecule has 4 aromatic rings. The second-order valence-corrected chi connectivity index (χ2v) is 9.58. The number of hydrogen-bond donors (Lipinski definition) is 0. The lowest BCUT2D eigenvalue weighted by Gasteiger charge is -2.25. The van der Waals surface area contributed by atoms with Gasteiger partial charge in [0, 0.05) is 50.9 Å². The summed E-state index contributed by atoms with van der Waals surface area (Å²) < 4.78 is 0. The second kappa shape index (κ2) is 8.83. The van der Waals surface area contributed by atoms with Crippen molar-refractivity contribution in [3.8, 4) is 33.4 Å². The number of hydrogen-bond acceptors (Lipinski definition) is 3. The molecule has 0 unspecified atom stereocenters. The van der Waals surface area contributed by atoms with Gasteiger partial charge in [0.15, 0.2) is 0 Å². The van der Waals surface area contributed by atoms with Crippen molar-refractivity contribution in [2.24, 2.45) is 0 Å². The summed E-state index contributed by atoms with van der Waals surface area (Å²) in [5, 5.41) is 0. The molecule has 3 aromatic heterocycles. The van der Waals surface area contributed by atoms with E-state index >= 15 is 0 Å². The molecule has 0 fully saturated rings. The van der Waals surface area contributed by atoms with Crippen LogP contribution in [-0.4, -0.2) is 22.8 Å². The van der Waals surface area contributed by atoms with Crippen LogP contribution in [-0.2, 0) is 0 Å². The first-order valence-electron chi connectivity index (χ1n) is 11.8. The largest absolute Gasteiger partial charge is 0.258 e. The Kier molecular flexibility index (Phi) is 6.20. The standard InChI is InChI=1S/C30H32BN3/c1-15-12-18(4)32-21(7)26(15)24-10-11-25(31)30(28-17(3)14-20(6)34-23(28)9)29(24)27-16(2)13-19(5)33-22(27)8/h10-14H,1-9H3. The monoisotopic (exact) mass is 445 g/mol. The maximum atomic E-state index is 6.78. The van der Waals surface area contributed by atoms with E-state index in [2.05, 4.69) is 65.8 Å². The minimum Gasteiger partial charge on any atom is -0.258 e. The molecule has 0 aliphatic rings. The Hall–Kier alpha value is -3.27. The molecular formula is C30H32BN3. The lowest BCUT2D eigenvalue weighted by atomic mass is 9.76. The zero-order valence-corrected chi connectivity index (χ0v) is 21.8. The Morgan fingerprint density at radius 2 is 0.853 bits per heavy atom. The summed E-state index contributed by atoms with van der Waals surface area (Å²) >= 11 is 0. The normalized spacial score (nSPS) is 11.2. The van der Waals surface area contributed by atoms with Crippen molar-refractivity contribution in [1.29, 1.82) is 0 Å². The van der Waals surface area contributed by atoms with Crippen LogP contribution in [0.1, 0.15) is 50.9 Å². The van der Waals surface area contributed by atoms with Crippen molar-refractivity contribution in [3.05, 3.63) is 81.2 Å². The maximum Gasteiger partial charge on any atom is 0.114 e. The van der Waals surface area contributed by atoms with Crippen molar-refractivity contribution in [2.75, 3.05) is 0 Å². The summed E-state index contributed by atoms with van der Waals surface area (Å²) in [6.07, 6.45) is 0. The highest BCUT2D eigenvalue weighted by Gasteiger charge is 2.24. The van der Waals surface area contributed by atoms with Gasteiger partial charge in [0.25, 0.3) is 0 Å². The molecule has 3 heterocycles. The van der Waals surface area contributed by atoms with Crippen LogP contribution >= 0.6 is 0 Å². The third-order valence-corrected chi connectivity index (χ3v) is 6.58. The number of rotatable bonds is 3. The van der Waals surface area contributed by atoms with Crippen LogP contribution < -0.4 is 5.46 Å². The van der Waals surface area contributed by atoms with E-state index in [0.29, 0.717) is 0 Å². The molecule has 0 saturated carbocycles. The third kappa shape index (κ3) is 4.07. The van der Waals surface area contributed by atoms with E-state index in [1.54, 1.807) is 0 Å². The molecule has 0 spiro atoms. The molecule has 2 radical (unpaired) electrons. The second-order valence-electron chi connectivity index (χ2n) is 9.58. The zero-order valence-electron chi connectivity index (χ0n) is 21.8. The quantitative estimate of drug-likeness (QED) is 0.341. The highest BCUT2D eigenvalue weighted by Crippen LogP contribution is 2.44. The number of aryl methyl sites for hydroxylation is 9. The molecule has 4 heteroatoms. The van der Waals surface area contributed by atoms with Crippen LogP contribution in [0.25, 0.3) is 33.4 Å². The minimum absolute atomic E-state index is 0.741. The van der Waals surface area contributed by atoms with Gasteiger partial charge in [-0.25, -0.2) is 0 Å². The smallest absolute Gasteiger partial charge is 0.114 e. The summed E-state index contributed by atoms with van der Waals surface area (Å²) in [6, 6.07) is 10.6. The average Bonchev–Trinajstić information content (AvgIpc) is 2.69. The van der Waals surface area contributed by atoms with Crippen LogP contribution in [0.15, 0.2) is 30.3 Å². The molecule has 34 heavy (non-hydrogen) atoms. The number of benzene rings is 1. The predicted octanol–water partition coefficient (Wildman–Crippen LogP) is 6.44. The highest BCUT2D eigenvalue weighted by atomic mass is 14.7. The van der Waals surface area contributed by atoms with E-state index < -0.39 is 0 Å². The van der Waals surface area contributed by atoms with Crippen molar-refractivity contribution in [2.45, 2.75) is 62.3 Å². The van der Waals surface area contributed by atoms with Crippen molar-refractivity contribution < 1.29 is 0 Å². The van der Waals surface area contributed by atoms with E-state index in [1.165, 1.54) is 16.7 Å². The highest BCUT2D eigenvalue weighted by molar-refractivity contribution is 6.37. The summed E-state index contributed by atoms with van der Waals surface area (Å²) in [4.78, 5) is 14.5. The van der Waals surface area contributed by atoms with Gasteiger partial charge < -0.3 is 0 Å². The fourth-order valence-corrected chi connectivity index (χ4v) is 5.59. The van der Waals surface area contributed by atoms with E-state index in [1.807, 2.05) is 26.8 Å². The zero-order chi connectivity index (χ0) is 24.9. The molecule has 0 N–H and O–H groups in total. The molecule has 0 aliphatic heterocycles. The molecule has 0 saturated heterocycles. The van der Waals surface area contributed by atoms with Gasteiger partial charge >= 0.3 is 0 Å². The van der Waals surface area contributed by atoms with Gasteiger partial charge in [0.1, 0.15) is 7.85 Å². The summed E-state index contributed by atoms with van der Waals surface area (Å²) in [6.45, 7) is 18.8. The fraction of sp³-hybridized carbons (Fsp3) is 0.300. The molecule has 3 nitrogen and oxygen atoms in total. The SMILES string of the molecule is [B]c1ccc(-c2c(C)cc(C)nc2C)c(-c2c(C)cc(C)nc2C)c1-c1c(C)cc(C)nc1C. The summed E-state index contributed by atoms with van der Waals surface area (Å²) in [5.41, 5.74) is 17.0. The molecule has 0 atom stereocenters. The van der Waals surface area contributed by atoms with Crippen molar-refractivity contribution in [3.63, 3.8) is 0 Å². The van der Waals surface area contributed by atoms with E-state index in [0.717, 1.165) is 73.0 Å². The van der Waals surface area contributed by atoms with E-state index in [4.69, 9.17) is 22.8 Å². The van der Waals surface area contributed by atoms with Crippen LogP contribution in [0.5, 0.6) is 0 Å². The number of nitrogens with zero attached hydrogens (tertiary/aromatic N) is 3. The molecule has 4 rings (SSSR count). The van der Waals surface area contributed by atoms with Crippen molar-refractivity contribution in [1.82, 2.24) is 15.0 Å². The van der Waals surface area contributed by atoms with Gasteiger partial charge in [-0.05, 0) is 114 Å². The Labute approximate surface area is 205 Å². The van der Waals surface area contributed by atoms with Gasteiger partial charge in [-0.1, -0.05) is 17.6 Å². The van der Waals surface area contributed by atoms with Crippen LogP contribution in [0.3, 0.4) is 0 Å². The maximum absolute atomic E-state index is 6.78. The van der Waals surface area contributed by atoms with Crippen molar-refractivity contribution >= 4 is 13.3 Å². The molecule has 1 aromatic carbocycles. The first-order chi connectivity index (χ1) is 16.0. The van der Waals surface area contributed by atoms with Gasteiger partial charge in [0.2, 0.25) is 0 Å². The third-order valence-electron chi connectivity index (χ3n) is 6.58. The number of aromatic nitrogens is 3. The van der Waals surface area contributed by atoms with Gasteiger partial charge in [-0.15, -0.1) is 0 Å². The van der Waals surface area contributed by atoms with Crippen LogP contribution in [0.4, 0.5) is 0 Å². The fourth-order valence-electron chi connectivity index (χ4n) is 5.59. The molecule has 170 valence electrons. The summed E-state index contributed by atoms with van der Waals surface area (Å²) in [5.74, 6) is 0. The van der Waals surface area contributed by atoms with E-state index in [-0.39, 0.29) is 0 Å². The Balaban J connectivity index is 2.25. The minimum atomic E-state index is 0.741. The van der Waals surface area contributed by atoms with Crippen LogP contribution in [0.2, 0.25) is 0 Å². The molecule has 0 aliphatic carbocycles. The van der Waals surface area contributed by atoms with Gasteiger partial charge in [0.05, 0.1) is 0 Å². The average molecular weight is 445 g/mol. The lowest BCUT2D eigenvalue weighted by molar-refractivity contribution is 1.10. The number of pyridine rings is 3. The summed E-state index contributed by atoms with van der Waals surface area (Å²) in [7, 11) is 6.78. The van der Waals surface area contributed by atoms with E-state index in [9.17, 15) is 0 Å². The Morgan fingerprint density at radius 1 is 0.471 bits per heavy atom. The molecule has 0 bridgehead atoms. The predicted molar refractivity (Wildman–Crippen MR) is 144 cm³/mol. The van der Waals surface area contributed by atoms with Gasteiger partial charge in [-0.3, -0.25) is 15.0 Å². The Bertz CT molecular complexity index is 1380. The molecular weight excluding hydrogens is 413 g/mol. The Morgan fingerprint density at radius 3 is 1.26 bits per heavy atom. The molecule has 0 amide bonds. The first kappa shape index (κ1) is 23.9. The van der Waals surface area contributed by atoms with Crippen LogP contribution in [0, 0.1) is 62.3 Å². The van der Waals surface area contributed by atoms with Gasteiger partial charge in [-0.2, -0.15) is 0 Å². The lowest BCUT2D eigenvalue weighted by Crippen LogP contribution is -2.13.